The number of rotatable bonds is 8. The number of hydrogen-bond acceptors (Lipinski definition) is 3. The molecule has 0 radical (unpaired) electrons. The van der Waals surface area contributed by atoms with E-state index in [4.69, 9.17) is 0 Å². The first kappa shape index (κ1) is 30.5. The number of alkyl halides is 3. The van der Waals surface area contributed by atoms with Gasteiger partial charge in [0.15, 0.2) is 11.6 Å². The Labute approximate surface area is 252 Å². The van der Waals surface area contributed by atoms with E-state index < -0.39 is 23.4 Å². The van der Waals surface area contributed by atoms with Crippen LogP contribution in [0.3, 0.4) is 0 Å². The van der Waals surface area contributed by atoms with Gasteiger partial charge < -0.3 is 14.9 Å². The van der Waals surface area contributed by atoms with Gasteiger partial charge >= 0.3 is 6.18 Å². The molecule has 0 spiro atoms. The van der Waals surface area contributed by atoms with Gasteiger partial charge in [-0.2, -0.15) is 13.2 Å². The van der Waals surface area contributed by atoms with E-state index in [0.717, 1.165) is 34.9 Å². The van der Waals surface area contributed by atoms with Crippen molar-refractivity contribution in [2.75, 3.05) is 18.5 Å². The molecule has 0 atom stereocenters. The predicted octanol–water partition coefficient (Wildman–Crippen LogP) is 8.36. The summed E-state index contributed by atoms with van der Waals surface area (Å²) >= 11 is 0. The summed E-state index contributed by atoms with van der Waals surface area (Å²) in [6.45, 7) is 4.30. The molecule has 0 saturated heterocycles. The normalized spacial score (nSPS) is 13.0. The van der Waals surface area contributed by atoms with Crippen LogP contribution < -0.4 is 4.90 Å². The number of amides is 1. The van der Waals surface area contributed by atoms with Gasteiger partial charge in [-0.15, -0.1) is 0 Å². The van der Waals surface area contributed by atoms with Crippen molar-refractivity contribution in [2.24, 2.45) is 0 Å². The number of phenolic OH excluding ortho intramolecular Hbond substituents is 1. The molecule has 4 aromatic carbocycles. The standard InChI is InChI=1S/C35H29F5N2O2/c1-22-18-28(15-12-26-4-3-5-31(36)34(26)37)42(32-19-29(43)16-17-30(22)32)21-33(44)41(2)20-23-6-8-24(9-7-23)25-10-13-27(14-11-25)35(38,39)40/h3-11,13-14,16-19,43H,1,12,15,20-21H2,2H3. The zero-order valence-electron chi connectivity index (χ0n) is 23.8. The highest BCUT2D eigenvalue weighted by Crippen LogP contribution is 2.39. The Bertz CT molecular complexity index is 1730. The Morgan fingerprint density at radius 1 is 0.909 bits per heavy atom. The lowest BCUT2D eigenvalue weighted by atomic mass is 9.95. The molecule has 0 unspecified atom stereocenters. The number of anilines is 1. The molecule has 1 aliphatic heterocycles. The number of likely N-dealkylation sites (N-methyl/N-ethyl adjacent to an activating group) is 1. The number of hydrogen-bond donors (Lipinski definition) is 1. The molecule has 1 heterocycles. The van der Waals surface area contributed by atoms with E-state index in [1.165, 1.54) is 30.3 Å². The van der Waals surface area contributed by atoms with Crippen LogP contribution in [0.1, 0.15) is 28.7 Å². The lowest BCUT2D eigenvalue weighted by molar-refractivity contribution is -0.137. The summed E-state index contributed by atoms with van der Waals surface area (Å²) in [5.41, 5.74) is 4.34. The van der Waals surface area contributed by atoms with E-state index in [-0.39, 0.29) is 43.2 Å². The Kier molecular flexibility index (Phi) is 8.58. The van der Waals surface area contributed by atoms with Gasteiger partial charge in [-0.1, -0.05) is 55.1 Å². The fourth-order valence-corrected chi connectivity index (χ4v) is 5.20. The van der Waals surface area contributed by atoms with E-state index in [9.17, 15) is 31.9 Å². The van der Waals surface area contributed by atoms with Crippen LogP contribution >= 0.6 is 0 Å². The minimum absolute atomic E-state index is 0.00733. The molecule has 0 saturated carbocycles. The third kappa shape index (κ3) is 6.67. The fraction of sp³-hybridized carbons (Fsp3) is 0.171. The first-order valence-corrected chi connectivity index (χ1v) is 13.8. The molecule has 0 aromatic heterocycles. The fourth-order valence-electron chi connectivity index (χ4n) is 5.20. The average molecular weight is 605 g/mol. The highest BCUT2D eigenvalue weighted by molar-refractivity contribution is 5.91. The molecule has 1 N–H and O–H groups in total. The third-order valence-corrected chi connectivity index (χ3v) is 7.63. The number of phenols is 1. The van der Waals surface area contributed by atoms with Gasteiger partial charge in [0.1, 0.15) is 12.3 Å². The van der Waals surface area contributed by atoms with Gasteiger partial charge in [0.25, 0.3) is 0 Å². The van der Waals surface area contributed by atoms with Crippen molar-refractivity contribution < 1.29 is 31.9 Å². The number of benzene rings is 4. The Balaban J connectivity index is 1.31. The summed E-state index contributed by atoms with van der Waals surface area (Å²) in [4.78, 5) is 16.8. The van der Waals surface area contributed by atoms with Crippen molar-refractivity contribution in [2.45, 2.75) is 25.6 Å². The maximum absolute atomic E-state index is 14.4. The summed E-state index contributed by atoms with van der Waals surface area (Å²) in [6, 6.07) is 20.9. The highest BCUT2D eigenvalue weighted by atomic mass is 19.4. The Hall–Kier alpha value is -4.92. The second-order valence-electron chi connectivity index (χ2n) is 10.7. The molecular weight excluding hydrogens is 575 g/mol. The Morgan fingerprint density at radius 3 is 2.23 bits per heavy atom. The van der Waals surface area contributed by atoms with Crippen molar-refractivity contribution >= 4 is 17.2 Å². The number of halogens is 5. The number of nitrogens with zero attached hydrogens (tertiary/aromatic N) is 2. The molecule has 0 bridgehead atoms. The molecule has 1 aliphatic rings. The minimum atomic E-state index is -4.40. The van der Waals surface area contributed by atoms with Crippen molar-refractivity contribution in [1.82, 2.24) is 4.90 Å². The van der Waals surface area contributed by atoms with Crippen LogP contribution in [0.15, 0.2) is 103 Å². The SMILES string of the molecule is C=C1C=C(CCc2cccc(F)c2F)N(CC(=O)N(C)Cc2ccc(-c3ccc(C(F)(F)F)cc3)cc2)c2cc(O)ccc21. The topological polar surface area (TPSA) is 43.8 Å². The van der Waals surface area contributed by atoms with Crippen molar-refractivity contribution in [3.05, 3.63) is 137 Å². The zero-order chi connectivity index (χ0) is 31.6. The second kappa shape index (κ2) is 12.4. The number of carbonyl (C=O) groups excluding carboxylic acids is 1. The van der Waals surface area contributed by atoms with E-state index in [1.54, 1.807) is 41.1 Å². The lowest BCUT2D eigenvalue weighted by Crippen LogP contribution is -2.39. The largest absolute Gasteiger partial charge is 0.508 e. The summed E-state index contributed by atoms with van der Waals surface area (Å²) in [6.07, 6.45) is -2.12. The van der Waals surface area contributed by atoms with Crippen LogP contribution in [0.25, 0.3) is 16.7 Å². The molecule has 4 nitrogen and oxygen atoms in total. The third-order valence-electron chi connectivity index (χ3n) is 7.63. The molecular formula is C35H29F5N2O2. The van der Waals surface area contributed by atoms with Crippen molar-refractivity contribution in [3.63, 3.8) is 0 Å². The van der Waals surface area contributed by atoms with Gasteiger partial charge in [-0.05, 0) is 77.1 Å². The molecule has 44 heavy (non-hydrogen) atoms. The first-order valence-electron chi connectivity index (χ1n) is 13.8. The van der Waals surface area contributed by atoms with Crippen LogP contribution in [-0.4, -0.2) is 29.5 Å². The van der Waals surface area contributed by atoms with Gasteiger partial charge in [-0.3, -0.25) is 4.79 Å². The molecule has 0 aliphatic carbocycles. The van der Waals surface area contributed by atoms with Crippen LogP contribution in [0, 0.1) is 11.6 Å². The van der Waals surface area contributed by atoms with Crippen molar-refractivity contribution in [3.8, 4) is 16.9 Å². The molecule has 1 amide bonds. The van der Waals surface area contributed by atoms with E-state index in [2.05, 4.69) is 6.58 Å². The summed E-state index contributed by atoms with van der Waals surface area (Å²) < 4.78 is 66.9. The summed E-state index contributed by atoms with van der Waals surface area (Å²) in [7, 11) is 1.66. The summed E-state index contributed by atoms with van der Waals surface area (Å²) in [5.74, 6) is -2.07. The molecule has 5 rings (SSSR count). The zero-order valence-corrected chi connectivity index (χ0v) is 23.8. The van der Waals surface area contributed by atoms with Gasteiger partial charge in [-0.25, -0.2) is 8.78 Å². The highest BCUT2D eigenvalue weighted by Gasteiger charge is 2.30. The lowest BCUT2D eigenvalue weighted by Gasteiger charge is -2.34. The molecule has 4 aromatic rings. The predicted molar refractivity (Wildman–Crippen MR) is 161 cm³/mol. The molecule has 0 fully saturated rings. The number of aromatic hydroxyl groups is 1. The van der Waals surface area contributed by atoms with Crippen molar-refractivity contribution in [1.29, 1.82) is 0 Å². The maximum atomic E-state index is 14.4. The molecule has 9 heteroatoms. The van der Waals surface area contributed by atoms with Crippen LogP contribution in [0.5, 0.6) is 5.75 Å². The Morgan fingerprint density at radius 2 is 1.57 bits per heavy atom. The quantitative estimate of drug-likeness (QED) is 0.206. The second-order valence-corrected chi connectivity index (χ2v) is 10.7. The van der Waals surface area contributed by atoms with Crippen LogP contribution in [0.4, 0.5) is 27.6 Å². The molecule has 226 valence electrons. The number of aryl methyl sites for hydroxylation is 1. The van der Waals surface area contributed by atoms with E-state index in [0.29, 0.717) is 22.5 Å². The number of fused-ring (bicyclic) bond motifs is 1. The first-order chi connectivity index (χ1) is 20.9. The average Bonchev–Trinajstić information content (AvgIpc) is 2.99. The number of carbonyl (C=O) groups is 1. The monoisotopic (exact) mass is 604 g/mol. The number of allylic oxidation sites excluding steroid dienone is 3. The van der Waals surface area contributed by atoms with E-state index in [1.807, 2.05) is 18.2 Å². The van der Waals surface area contributed by atoms with Crippen LogP contribution in [0.2, 0.25) is 0 Å². The summed E-state index contributed by atoms with van der Waals surface area (Å²) in [5, 5.41) is 10.2. The van der Waals surface area contributed by atoms with E-state index >= 15 is 0 Å². The van der Waals surface area contributed by atoms with Gasteiger partial charge in [0.05, 0.1) is 11.3 Å². The minimum Gasteiger partial charge on any atom is -0.508 e. The van der Waals surface area contributed by atoms with Gasteiger partial charge in [0.2, 0.25) is 5.91 Å². The van der Waals surface area contributed by atoms with Crippen LogP contribution in [-0.2, 0) is 23.9 Å². The smallest absolute Gasteiger partial charge is 0.416 e. The maximum Gasteiger partial charge on any atom is 0.416 e. The van der Waals surface area contributed by atoms with Gasteiger partial charge in [0, 0.05) is 30.9 Å².